The molecule has 0 atom stereocenters. The molecule has 0 aliphatic carbocycles. The minimum absolute atomic E-state index is 0.546. The number of nitrogens with two attached hydrogens (primary N) is 1. The summed E-state index contributed by atoms with van der Waals surface area (Å²) >= 11 is 0. The highest BCUT2D eigenvalue weighted by Crippen LogP contribution is 2.19. The van der Waals surface area contributed by atoms with Crippen molar-refractivity contribution in [1.29, 1.82) is 0 Å². The highest BCUT2D eigenvalue weighted by molar-refractivity contribution is 5.44. The fraction of sp³-hybridized carbons (Fsp3) is 0.400. The summed E-state index contributed by atoms with van der Waals surface area (Å²) in [5, 5.41) is 4.54. The van der Waals surface area contributed by atoms with Crippen molar-refractivity contribution in [3.05, 3.63) is 41.6 Å². The molecule has 0 spiro atoms. The van der Waals surface area contributed by atoms with Crippen molar-refractivity contribution in [1.82, 2.24) is 9.78 Å². The number of aromatic nitrogens is 2. The number of rotatable bonds is 4. The Labute approximate surface area is 109 Å². The quantitative estimate of drug-likeness (QED) is 0.892. The summed E-state index contributed by atoms with van der Waals surface area (Å²) in [7, 11) is 0. The third-order valence-electron chi connectivity index (χ3n) is 3.10. The molecule has 1 heterocycles. The molecule has 1 aromatic heterocycles. The van der Waals surface area contributed by atoms with Crippen LogP contribution < -0.4 is 5.73 Å². The predicted octanol–water partition coefficient (Wildman–Crippen LogP) is 3.53. The minimum Gasteiger partial charge on any atom is -0.384 e. The molecular weight excluding hydrogens is 222 g/mol. The molecule has 0 aliphatic heterocycles. The lowest BCUT2D eigenvalue weighted by Crippen LogP contribution is -2.02. The number of nitrogen functional groups attached to an aromatic ring is 1. The normalized spacial score (nSPS) is 11.1. The van der Waals surface area contributed by atoms with Gasteiger partial charge in [0.2, 0.25) is 0 Å². The van der Waals surface area contributed by atoms with Gasteiger partial charge >= 0.3 is 0 Å². The monoisotopic (exact) mass is 243 g/mol. The zero-order valence-electron chi connectivity index (χ0n) is 11.4. The van der Waals surface area contributed by atoms with E-state index >= 15 is 0 Å². The maximum atomic E-state index is 6.00. The first-order valence-corrected chi connectivity index (χ1v) is 6.56. The van der Waals surface area contributed by atoms with Crippen molar-refractivity contribution in [2.45, 2.75) is 39.5 Å². The Morgan fingerprint density at radius 1 is 1.22 bits per heavy atom. The first-order valence-electron chi connectivity index (χ1n) is 6.56. The molecule has 0 saturated heterocycles. The summed E-state index contributed by atoms with van der Waals surface area (Å²) in [6, 6.07) is 10.4. The number of nitrogens with zero attached hydrogens (tertiary/aromatic N) is 2. The van der Waals surface area contributed by atoms with Gasteiger partial charge in [-0.25, -0.2) is 4.68 Å². The van der Waals surface area contributed by atoms with Gasteiger partial charge in [-0.05, 0) is 30.0 Å². The van der Waals surface area contributed by atoms with E-state index < -0.39 is 0 Å². The Bertz CT molecular complexity index is 509. The van der Waals surface area contributed by atoms with E-state index in [4.69, 9.17) is 5.73 Å². The van der Waals surface area contributed by atoms with Crippen LogP contribution in [0.2, 0.25) is 0 Å². The van der Waals surface area contributed by atoms with Crippen LogP contribution in [-0.2, 0) is 6.42 Å². The molecule has 3 heteroatoms. The van der Waals surface area contributed by atoms with Gasteiger partial charge in [0.15, 0.2) is 0 Å². The first-order chi connectivity index (χ1) is 8.61. The van der Waals surface area contributed by atoms with Crippen LogP contribution in [0.5, 0.6) is 0 Å². The van der Waals surface area contributed by atoms with E-state index in [2.05, 4.69) is 50.1 Å². The lowest BCUT2D eigenvalue weighted by atomic mass is 10.0. The van der Waals surface area contributed by atoms with Gasteiger partial charge in [0.05, 0.1) is 11.4 Å². The predicted molar refractivity (Wildman–Crippen MR) is 76.1 cm³/mol. The Morgan fingerprint density at radius 3 is 2.44 bits per heavy atom. The van der Waals surface area contributed by atoms with Gasteiger partial charge in [0.25, 0.3) is 0 Å². The number of benzene rings is 1. The van der Waals surface area contributed by atoms with Gasteiger partial charge in [0, 0.05) is 6.07 Å². The molecule has 0 saturated carbocycles. The lowest BCUT2D eigenvalue weighted by molar-refractivity contribution is 0.808. The van der Waals surface area contributed by atoms with Crippen molar-refractivity contribution < 1.29 is 0 Å². The summed E-state index contributed by atoms with van der Waals surface area (Å²) in [6.45, 7) is 6.53. The second-order valence-electron chi connectivity index (χ2n) is 4.97. The average Bonchev–Trinajstić information content (AvgIpc) is 2.71. The van der Waals surface area contributed by atoms with Crippen LogP contribution in [0.25, 0.3) is 5.69 Å². The van der Waals surface area contributed by atoms with Crippen molar-refractivity contribution >= 4 is 5.82 Å². The zero-order chi connectivity index (χ0) is 13.1. The third-order valence-corrected chi connectivity index (χ3v) is 3.10. The van der Waals surface area contributed by atoms with Gasteiger partial charge in [-0.2, -0.15) is 5.10 Å². The van der Waals surface area contributed by atoms with Gasteiger partial charge in [-0.15, -0.1) is 0 Å². The molecule has 2 N–H and O–H groups in total. The second kappa shape index (κ2) is 5.25. The number of hydrogen-bond acceptors (Lipinski definition) is 2. The fourth-order valence-electron chi connectivity index (χ4n) is 2.03. The van der Waals surface area contributed by atoms with Gasteiger partial charge < -0.3 is 5.73 Å². The second-order valence-corrected chi connectivity index (χ2v) is 4.97. The molecule has 0 aliphatic rings. The topological polar surface area (TPSA) is 43.8 Å². The molecule has 1 aromatic carbocycles. The summed E-state index contributed by atoms with van der Waals surface area (Å²) in [5.74, 6) is 1.25. The van der Waals surface area contributed by atoms with Crippen molar-refractivity contribution in [2.75, 3.05) is 5.73 Å². The smallest absolute Gasteiger partial charge is 0.127 e. The number of hydrogen-bond donors (Lipinski definition) is 1. The van der Waals surface area contributed by atoms with Gasteiger partial charge in [-0.1, -0.05) is 39.3 Å². The van der Waals surface area contributed by atoms with E-state index in [0.717, 1.165) is 24.2 Å². The van der Waals surface area contributed by atoms with Gasteiger partial charge in [-0.3, -0.25) is 0 Å². The lowest BCUT2D eigenvalue weighted by Gasteiger charge is -2.08. The van der Waals surface area contributed by atoms with Crippen LogP contribution in [0, 0.1) is 0 Å². The molecule has 0 unspecified atom stereocenters. The Hall–Kier alpha value is -1.77. The molecule has 0 fully saturated rings. The van der Waals surface area contributed by atoms with E-state index in [0.29, 0.717) is 11.7 Å². The van der Waals surface area contributed by atoms with Crippen molar-refractivity contribution in [2.24, 2.45) is 0 Å². The largest absolute Gasteiger partial charge is 0.384 e. The van der Waals surface area contributed by atoms with E-state index in [1.54, 1.807) is 0 Å². The molecule has 2 rings (SSSR count). The minimum atomic E-state index is 0.546. The summed E-state index contributed by atoms with van der Waals surface area (Å²) < 4.78 is 1.81. The average molecular weight is 243 g/mol. The molecule has 18 heavy (non-hydrogen) atoms. The fourth-order valence-corrected chi connectivity index (χ4v) is 2.03. The highest BCUT2D eigenvalue weighted by Gasteiger charge is 2.07. The van der Waals surface area contributed by atoms with Crippen LogP contribution in [0.4, 0.5) is 5.82 Å². The number of aryl methyl sites for hydroxylation is 1. The molecule has 0 bridgehead atoms. The zero-order valence-corrected chi connectivity index (χ0v) is 11.4. The Morgan fingerprint density at radius 2 is 1.89 bits per heavy atom. The maximum absolute atomic E-state index is 6.00. The SMILES string of the molecule is CCCc1cc(N)n(-c2ccc(C(C)C)cc2)n1. The molecular formula is C15H21N3. The van der Waals surface area contributed by atoms with Crippen LogP contribution in [0.1, 0.15) is 44.4 Å². The van der Waals surface area contributed by atoms with E-state index in [1.165, 1.54) is 5.56 Å². The summed E-state index contributed by atoms with van der Waals surface area (Å²) in [4.78, 5) is 0. The van der Waals surface area contributed by atoms with E-state index in [9.17, 15) is 0 Å². The maximum Gasteiger partial charge on any atom is 0.127 e. The Balaban J connectivity index is 2.30. The van der Waals surface area contributed by atoms with Crippen LogP contribution >= 0.6 is 0 Å². The van der Waals surface area contributed by atoms with E-state index in [-0.39, 0.29) is 0 Å². The summed E-state index contributed by atoms with van der Waals surface area (Å²) in [6.07, 6.45) is 2.06. The van der Waals surface area contributed by atoms with Crippen molar-refractivity contribution in [3.63, 3.8) is 0 Å². The first kappa shape index (κ1) is 12.7. The Kier molecular flexibility index (Phi) is 3.70. The molecule has 0 radical (unpaired) electrons. The molecule has 0 amide bonds. The van der Waals surface area contributed by atoms with E-state index in [1.807, 2.05) is 10.7 Å². The van der Waals surface area contributed by atoms with Crippen molar-refractivity contribution in [3.8, 4) is 5.69 Å². The summed E-state index contributed by atoms with van der Waals surface area (Å²) in [5.41, 5.74) is 9.42. The van der Waals surface area contributed by atoms with Crippen LogP contribution in [0.3, 0.4) is 0 Å². The number of anilines is 1. The van der Waals surface area contributed by atoms with Crippen LogP contribution in [0.15, 0.2) is 30.3 Å². The highest BCUT2D eigenvalue weighted by atomic mass is 15.3. The molecule has 3 nitrogen and oxygen atoms in total. The molecule has 2 aromatic rings. The third kappa shape index (κ3) is 2.55. The molecule has 96 valence electrons. The van der Waals surface area contributed by atoms with Gasteiger partial charge in [0.1, 0.15) is 5.82 Å². The van der Waals surface area contributed by atoms with Crippen LogP contribution in [-0.4, -0.2) is 9.78 Å². The standard InChI is InChI=1S/C15H21N3/c1-4-5-13-10-15(16)18(17-13)14-8-6-12(7-9-14)11(2)3/h6-11H,4-5,16H2,1-3H3.